The van der Waals surface area contributed by atoms with E-state index in [1.54, 1.807) is 0 Å². The van der Waals surface area contributed by atoms with Gasteiger partial charge in [-0.25, -0.2) is 4.79 Å². The summed E-state index contributed by atoms with van der Waals surface area (Å²) in [4.78, 5) is 23.0. The summed E-state index contributed by atoms with van der Waals surface area (Å²) in [5.41, 5.74) is 0.717. The van der Waals surface area contributed by atoms with Gasteiger partial charge >= 0.3 is 5.97 Å². The maximum Gasteiger partial charge on any atom is 0.332 e. The van der Waals surface area contributed by atoms with Crippen LogP contribution in [0.2, 0.25) is 0 Å². The Labute approximate surface area is 166 Å². The van der Waals surface area contributed by atoms with E-state index in [9.17, 15) is 14.7 Å². The molecule has 5 heteroatoms. The van der Waals surface area contributed by atoms with Crippen LogP contribution in [0.25, 0.3) is 0 Å². The number of carboxylic acid groups (broad SMARTS) is 1. The minimum Gasteiger partial charge on any atom is -0.494 e. The molecule has 2 N–H and O–H groups in total. The van der Waals surface area contributed by atoms with Gasteiger partial charge in [0, 0.05) is 6.42 Å². The SMILES string of the molecule is C[C@]1(CC=CCCC(O)C(=O)O)C(=O)CC=C1CCCCOc1ccccc1. The number of allylic oxidation sites excluding steroid dienone is 4. The average Bonchev–Trinajstić information content (AvgIpc) is 2.96. The predicted octanol–water partition coefficient (Wildman–Crippen LogP) is 4.31. The number of rotatable bonds is 12. The van der Waals surface area contributed by atoms with Gasteiger partial charge in [-0.05, 0) is 57.6 Å². The highest BCUT2D eigenvalue weighted by atomic mass is 16.5. The van der Waals surface area contributed by atoms with Gasteiger partial charge in [0.25, 0.3) is 0 Å². The molecule has 1 aliphatic carbocycles. The van der Waals surface area contributed by atoms with E-state index >= 15 is 0 Å². The number of aliphatic hydroxyl groups is 1. The molecule has 152 valence electrons. The summed E-state index contributed by atoms with van der Waals surface area (Å²) in [5, 5.41) is 18.0. The lowest BCUT2D eigenvalue weighted by molar-refractivity contribution is -0.146. The van der Waals surface area contributed by atoms with Crippen LogP contribution in [-0.4, -0.2) is 34.7 Å². The van der Waals surface area contributed by atoms with E-state index in [2.05, 4.69) is 6.08 Å². The van der Waals surface area contributed by atoms with Gasteiger partial charge < -0.3 is 14.9 Å². The standard InChI is InChI=1S/C23H30O5/c1-23(16-8-3-6-13-20(24)22(26)27)18(14-15-21(23)25)10-7-9-17-28-19-11-4-2-5-12-19/h2-5,8,11-12,14,20,24H,6-7,9-10,13,15-17H2,1H3,(H,26,27)/t20?,23-/m1/s1. The van der Waals surface area contributed by atoms with Crippen molar-refractivity contribution in [1.82, 2.24) is 0 Å². The smallest absolute Gasteiger partial charge is 0.332 e. The molecular weight excluding hydrogens is 356 g/mol. The third-order valence-electron chi connectivity index (χ3n) is 5.29. The lowest BCUT2D eigenvalue weighted by Gasteiger charge is -2.25. The number of aliphatic hydroxyl groups excluding tert-OH is 1. The molecule has 1 aromatic carbocycles. The van der Waals surface area contributed by atoms with Crippen molar-refractivity contribution in [3.63, 3.8) is 0 Å². The van der Waals surface area contributed by atoms with Gasteiger partial charge in [0.05, 0.1) is 12.0 Å². The molecule has 1 aromatic rings. The first-order chi connectivity index (χ1) is 13.4. The minimum absolute atomic E-state index is 0.181. The van der Waals surface area contributed by atoms with Gasteiger partial charge in [-0.3, -0.25) is 4.79 Å². The molecule has 1 unspecified atom stereocenters. The Morgan fingerprint density at radius 2 is 2.00 bits per heavy atom. The van der Waals surface area contributed by atoms with E-state index < -0.39 is 17.5 Å². The molecule has 2 rings (SSSR count). The molecule has 0 amide bonds. The molecule has 2 atom stereocenters. The van der Waals surface area contributed by atoms with E-state index in [0.29, 0.717) is 25.9 Å². The Morgan fingerprint density at radius 1 is 1.25 bits per heavy atom. The number of para-hydroxylation sites is 1. The van der Waals surface area contributed by atoms with Crippen LogP contribution in [0.1, 0.15) is 51.9 Å². The summed E-state index contributed by atoms with van der Waals surface area (Å²) in [6.45, 7) is 2.65. The molecular formula is C23H30O5. The number of ketones is 1. The van der Waals surface area contributed by atoms with Crippen molar-refractivity contribution >= 4 is 11.8 Å². The zero-order chi connectivity index (χ0) is 20.4. The van der Waals surface area contributed by atoms with E-state index in [0.717, 1.165) is 25.0 Å². The molecule has 28 heavy (non-hydrogen) atoms. The zero-order valence-corrected chi connectivity index (χ0v) is 16.5. The number of aliphatic carboxylic acids is 1. The van der Waals surface area contributed by atoms with Crippen LogP contribution in [0.5, 0.6) is 5.75 Å². The Morgan fingerprint density at radius 3 is 2.71 bits per heavy atom. The van der Waals surface area contributed by atoms with E-state index in [1.807, 2.05) is 49.4 Å². The van der Waals surface area contributed by atoms with Crippen molar-refractivity contribution in [3.05, 3.63) is 54.1 Å². The monoisotopic (exact) mass is 386 g/mol. The molecule has 0 spiro atoms. The molecule has 0 aromatic heterocycles. The summed E-state index contributed by atoms with van der Waals surface area (Å²) >= 11 is 0. The number of benzene rings is 1. The number of carbonyl (C=O) groups is 2. The first-order valence-corrected chi connectivity index (χ1v) is 9.90. The van der Waals surface area contributed by atoms with Crippen LogP contribution < -0.4 is 4.74 Å². The molecule has 0 saturated carbocycles. The molecule has 0 radical (unpaired) electrons. The minimum atomic E-state index is -1.33. The number of unbranched alkanes of at least 4 members (excludes halogenated alkanes) is 1. The first-order valence-electron chi connectivity index (χ1n) is 9.90. The largest absolute Gasteiger partial charge is 0.494 e. The number of carbonyl (C=O) groups excluding carboxylic acids is 1. The highest BCUT2D eigenvalue weighted by molar-refractivity contribution is 5.92. The van der Waals surface area contributed by atoms with Crippen LogP contribution in [0, 0.1) is 5.41 Å². The fourth-order valence-corrected chi connectivity index (χ4v) is 3.41. The van der Waals surface area contributed by atoms with Crippen LogP contribution in [0.3, 0.4) is 0 Å². The highest BCUT2D eigenvalue weighted by Gasteiger charge is 2.38. The van der Waals surface area contributed by atoms with Crippen molar-refractivity contribution < 1.29 is 24.5 Å². The summed E-state index contributed by atoms with van der Waals surface area (Å²) in [6, 6.07) is 9.74. The third kappa shape index (κ3) is 6.34. The Balaban J connectivity index is 1.73. The molecule has 0 bridgehead atoms. The molecule has 5 nitrogen and oxygen atoms in total. The topological polar surface area (TPSA) is 83.8 Å². The number of carboxylic acids is 1. The van der Waals surface area contributed by atoms with Gasteiger partial charge in [-0.15, -0.1) is 0 Å². The lowest BCUT2D eigenvalue weighted by atomic mass is 9.77. The Kier molecular flexibility index (Phi) is 8.45. The van der Waals surface area contributed by atoms with Gasteiger partial charge in [-0.2, -0.15) is 0 Å². The number of hydrogen-bond donors (Lipinski definition) is 2. The van der Waals surface area contributed by atoms with Gasteiger partial charge in [0.2, 0.25) is 0 Å². The fourth-order valence-electron chi connectivity index (χ4n) is 3.41. The first kappa shape index (κ1) is 21.9. The second-order valence-electron chi connectivity index (χ2n) is 7.41. The van der Waals surface area contributed by atoms with Crippen molar-refractivity contribution in [2.45, 2.75) is 58.0 Å². The molecule has 0 fully saturated rings. The van der Waals surface area contributed by atoms with Crippen LogP contribution in [-0.2, 0) is 9.59 Å². The van der Waals surface area contributed by atoms with Crippen molar-refractivity contribution in [2.75, 3.05) is 6.61 Å². The molecule has 0 heterocycles. The summed E-state index contributed by atoms with van der Waals surface area (Å²) in [7, 11) is 0. The van der Waals surface area contributed by atoms with E-state index in [-0.39, 0.29) is 12.2 Å². The predicted molar refractivity (Wildman–Crippen MR) is 108 cm³/mol. The second-order valence-corrected chi connectivity index (χ2v) is 7.41. The maximum absolute atomic E-state index is 12.4. The van der Waals surface area contributed by atoms with Gasteiger partial charge in [0.15, 0.2) is 6.10 Å². The Bertz CT molecular complexity index is 707. The van der Waals surface area contributed by atoms with Gasteiger partial charge in [0.1, 0.15) is 11.5 Å². The van der Waals surface area contributed by atoms with E-state index in [4.69, 9.17) is 9.84 Å². The van der Waals surface area contributed by atoms with E-state index in [1.165, 1.54) is 5.57 Å². The molecule has 0 saturated heterocycles. The second kappa shape index (κ2) is 10.8. The zero-order valence-electron chi connectivity index (χ0n) is 16.5. The summed E-state index contributed by atoms with van der Waals surface area (Å²) < 4.78 is 5.71. The average molecular weight is 386 g/mol. The van der Waals surface area contributed by atoms with Gasteiger partial charge in [-0.1, -0.05) is 42.0 Å². The lowest BCUT2D eigenvalue weighted by Crippen LogP contribution is -2.24. The van der Waals surface area contributed by atoms with Crippen LogP contribution >= 0.6 is 0 Å². The molecule has 1 aliphatic rings. The third-order valence-corrected chi connectivity index (χ3v) is 5.29. The van der Waals surface area contributed by atoms with Crippen LogP contribution in [0.15, 0.2) is 54.1 Å². The van der Waals surface area contributed by atoms with Crippen molar-refractivity contribution in [1.29, 1.82) is 0 Å². The quantitative estimate of drug-likeness (QED) is 0.413. The maximum atomic E-state index is 12.4. The Hall–Kier alpha value is -2.40. The summed E-state index contributed by atoms with van der Waals surface area (Å²) in [5.74, 6) is -0.0909. The number of ether oxygens (including phenoxy) is 1. The van der Waals surface area contributed by atoms with Crippen molar-refractivity contribution in [2.24, 2.45) is 5.41 Å². The fraction of sp³-hybridized carbons (Fsp3) is 0.478. The number of hydrogen-bond acceptors (Lipinski definition) is 4. The van der Waals surface area contributed by atoms with Crippen molar-refractivity contribution in [3.8, 4) is 5.75 Å². The number of Topliss-reactive ketones (excluding diaryl/α,β-unsaturated/α-hetero) is 1. The normalized spacial score (nSPS) is 20.4. The van der Waals surface area contributed by atoms with Crippen LogP contribution in [0.4, 0.5) is 0 Å². The molecule has 0 aliphatic heterocycles. The summed E-state index contributed by atoms with van der Waals surface area (Å²) in [6.07, 6.45) is 9.05. The highest BCUT2D eigenvalue weighted by Crippen LogP contribution is 2.41.